The molecule has 0 radical (unpaired) electrons. The molecule has 2 nitrogen and oxygen atoms in total. The van der Waals surface area contributed by atoms with Crippen molar-refractivity contribution >= 4 is 0 Å². The Morgan fingerprint density at radius 2 is 2.00 bits per heavy atom. The molecule has 0 saturated carbocycles. The van der Waals surface area contributed by atoms with E-state index < -0.39 is 11.6 Å². The molecule has 1 unspecified atom stereocenters. The highest BCUT2D eigenvalue weighted by Crippen LogP contribution is 2.22. The van der Waals surface area contributed by atoms with E-state index >= 15 is 0 Å². The van der Waals surface area contributed by atoms with Crippen LogP contribution in [-0.2, 0) is 0 Å². The molecule has 0 fully saturated rings. The lowest BCUT2D eigenvalue weighted by atomic mass is 10.0. The average Bonchev–Trinajstić information content (AvgIpc) is 2.42. The van der Waals surface area contributed by atoms with Crippen molar-refractivity contribution in [2.75, 3.05) is 26.7 Å². The maximum Gasteiger partial charge on any atom is 0.163 e. The van der Waals surface area contributed by atoms with Gasteiger partial charge in [-0.1, -0.05) is 26.0 Å². The van der Waals surface area contributed by atoms with E-state index in [1.165, 1.54) is 0 Å². The van der Waals surface area contributed by atoms with Crippen LogP contribution in [0.15, 0.2) is 18.2 Å². The highest BCUT2D eigenvalue weighted by Gasteiger charge is 2.17. The summed E-state index contributed by atoms with van der Waals surface area (Å²) in [5.74, 6) is -1.50. The molecule has 0 aliphatic rings. The highest BCUT2D eigenvalue weighted by atomic mass is 19.2. The van der Waals surface area contributed by atoms with Gasteiger partial charge in [-0.3, -0.25) is 0 Å². The second kappa shape index (κ2) is 8.23. The Kier molecular flexibility index (Phi) is 6.95. The van der Waals surface area contributed by atoms with Gasteiger partial charge < -0.3 is 10.2 Å². The fourth-order valence-electron chi connectivity index (χ4n) is 1.98. The Bertz CT molecular complexity index is 382. The molecular formula is C15H24F2N2. The first-order valence-electron chi connectivity index (χ1n) is 6.96. The molecule has 0 bridgehead atoms. The predicted molar refractivity (Wildman–Crippen MR) is 75.2 cm³/mol. The maximum absolute atomic E-state index is 13.9. The van der Waals surface area contributed by atoms with Gasteiger partial charge >= 0.3 is 0 Å². The third-order valence-electron chi connectivity index (χ3n) is 3.34. The van der Waals surface area contributed by atoms with Crippen molar-refractivity contribution in [1.82, 2.24) is 10.2 Å². The van der Waals surface area contributed by atoms with Crippen LogP contribution in [0.4, 0.5) is 8.78 Å². The average molecular weight is 270 g/mol. The van der Waals surface area contributed by atoms with E-state index in [2.05, 4.69) is 24.1 Å². The second-order valence-electron chi connectivity index (χ2n) is 4.83. The summed E-state index contributed by atoms with van der Waals surface area (Å²) >= 11 is 0. The standard InChI is InChI=1S/C15H24F2N2/c1-4-10-18-14(9-11-19(3)5-2)12-7-6-8-13(16)15(12)17/h6-8,14,18H,4-5,9-11H2,1-3H3. The molecular weight excluding hydrogens is 246 g/mol. The second-order valence-corrected chi connectivity index (χ2v) is 4.83. The lowest BCUT2D eigenvalue weighted by molar-refractivity contribution is 0.317. The molecule has 0 aliphatic carbocycles. The van der Waals surface area contributed by atoms with Crippen molar-refractivity contribution in [3.8, 4) is 0 Å². The van der Waals surface area contributed by atoms with Crippen molar-refractivity contribution in [2.24, 2.45) is 0 Å². The van der Waals surface area contributed by atoms with Gasteiger partial charge in [0.1, 0.15) is 0 Å². The van der Waals surface area contributed by atoms with Crippen molar-refractivity contribution in [2.45, 2.75) is 32.7 Å². The summed E-state index contributed by atoms with van der Waals surface area (Å²) in [4.78, 5) is 2.16. The molecule has 0 heterocycles. The van der Waals surface area contributed by atoms with Gasteiger partial charge in [-0.15, -0.1) is 0 Å². The van der Waals surface area contributed by atoms with Crippen LogP contribution in [0.5, 0.6) is 0 Å². The van der Waals surface area contributed by atoms with Crippen molar-refractivity contribution in [3.05, 3.63) is 35.4 Å². The van der Waals surface area contributed by atoms with E-state index in [-0.39, 0.29) is 6.04 Å². The normalized spacial score (nSPS) is 12.9. The number of hydrogen-bond acceptors (Lipinski definition) is 2. The third-order valence-corrected chi connectivity index (χ3v) is 3.34. The van der Waals surface area contributed by atoms with E-state index in [1.807, 2.05) is 7.05 Å². The summed E-state index contributed by atoms with van der Waals surface area (Å²) in [5, 5.41) is 3.30. The van der Waals surface area contributed by atoms with Crippen LogP contribution in [0.2, 0.25) is 0 Å². The van der Waals surface area contributed by atoms with Gasteiger partial charge in [0.05, 0.1) is 0 Å². The molecule has 4 heteroatoms. The topological polar surface area (TPSA) is 15.3 Å². The summed E-state index contributed by atoms with van der Waals surface area (Å²) in [5.41, 5.74) is 0.429. The highest BCUT2D eigenvalue weighted by molar-refractivity contribution is 5.22. The smallest absolute Gasteiger partial charge is 0.163 e. The van der Waals surface area contributed by atoms with E-state index in [1.54, 1.807) is 12.1 Å². The molecule has 0 spiro atoms. The molecule has 1 aromatic carbocycles. The van der Waals surface area contributed by atoms with Gasteiger partial charge in [0.25, 0.3) is 0 Å². The molecule has 0 aliphatic heterocycles. The van der Waals surface area contributed by atoms with Crippen LogP contribution in [0, 0.1) is 11.6 Å². The summed E-state index contributed by atoms with van der Waals surface area (Å²) in [6.07, 6.45) is 1.74. The number of hydrogen-bond donors (Lipinski definition) is 1. The Balaban J connectivity index is 2.80. The van der Waals surface area contributed by atoms with Crippen LogP contribution < -0.4 is 5.32 Å². The van der Waals surface area contributed by atoms with Crippen molar-refractivity contribution < 1.29 is 8.78 Å². The van der Waals surface area contributed by atoms with Crippen molar-refractivity contribution in [3.63, 3.8) is 0 Å². The molecule has 0 saturated heterocycles. The Hall–Kier alpha value is -1.00. The van der Waals surface area contributed by atoms with E-state index in [9.17, 15) is 8.78 Å². The molecule has 0 aromatic heterocycles. The van der Waals surface area contributed by atoms with Gasteiger partial charge in [-0.25, -0.2) is 8.78 Å². The summed E-state index contributed by atoms with van der Waals surface area (Å²) in [7, 11) is 2.03. The lowest BCUT2D eigenvalue weighted by Gasteiger charge is -2.22. The fourth-order valence-corrected chi connectivity index (χ4v) is 1.98. The molecule has 1 N–H and O–H groups in total. The summed E-state index contributed by atoms with van der Waals surface area (Å²) in [6.45, 7) is 6.75. The molecule has 0 amide bonds. The largest absolute Gasteiger partial charge is 0.310 e. The van der Waals surface area contributed by atoms with Crippen LogP contribution >= 0.6 is 0 Å². The predicted octanol–water partition coefficient (Wildman–Crippen LogP) is 3.35. The van der Waals surface area contributed by atoms with Gasteiger partial charge in [-0.2, -0.15) is 0 Å². The number of halogens is 2. The van der Waals surface area contributed by atoms with Crippen molar-refractivity contribution in [1.29, 1.82) is 0 Å². The first-order chi connectivity index (χ1) is 9.10. The number of nitrogens with zero attached hydrogens (tertiary/aromatic N) is 1. The van der Waals surface area contributed by atoms with E-state index in [0.29, 0.717) is 5.56 Å². The fraction of sp³-hybridized carbons (Fsp3) is 0.600. The van der Waals surface area contributed by atoms with Crippen LogP contribution in [0.1, 0.15) is 38.3 Å². The van der Waals surface area contributed by atoms with Gasteiger partial charge in [0.2, 0.25) is 0 Å². The first kappa shape index (κ1) is 16.1. The third kappa shape index (κ3) is 4.88. The number of rotatable bonds is 8. The molecule has 19 heavy (non-hydrogen) atoms. The van der Waals surface area contributed by atoms with Crippen LogP contribution in [-0.4, -0.2) is 31.6 Å². The zero-order valence-electron chi connectivity index (χ0n) is 12.0. The SMILES string of the molecule is CCCNC(CCN(C)CC)c1cccc(F)c1F. The van der Waals surface area contributed by atoms with Crippen LogP contribution in [0.3, 0.4) is 0 Å². The molecule has 1 rings (SSSR count). The Morgan fingerprint density at radius 1 is 1.26 bits per heavy atom. The maximum atomic E-state index is 13.9. The van der Waals surface area contributed by atoms with Gasteiger partial charge in [-0.05, 0) is 45.6 Å². The molecule has 108 valence electrons. The zero-order chi connectivity index (χ0) is 14.3. The summed E-state index contributed by atoms with van der Waals surface area (Å²) in [6, 6.07) is 4.26. The minimum atomic E-state index is -0.773. The van der Waals surface area contributed by atoms with Crippen LogP contribution in [0.25, 0.3) is 0 Å². The van der Waals surface area contributed by atoms with Gasteiger partial charge in [0, 0.05) is 11.6 Å². The molecule has 1 atom stereocenters. The van der Waals surface area contributed by atoms with E-state index in [4.69, 9.17) is 0 Å². The van der Waals surface area contributed by atoms with Gasteiger partial charge in [0.15, 0.2) is 11.6 Å². The quantitative estimate of drug-likeness (QED) is 0.779. The zero-order valence-corrected chi connectivity index (χ0v) is 12.0. The Morgan fingerprint density at radius 3 is 2.63 bits per heavy atom. The monoisotopic (exact) mass is 270 g/mol. The first-order valence-corrected chi connectivity index (χ1v) is 6.96. The van der Waals surface area contributed by atoms with E-state index in [0.717, 1.165) is 38.5 Å². The molecule has 1 aromatic rings. The minimum absolute atomic E-state index is 0.135. The number of nitrogens with one attached hydrogen (secondary N) is 1. The minimum Gasteiger partial charge on any atom is -0.310 e. The Labute approximate surface area is 114 Å². The lowest BCUT2D eigenvalue weighted by Crippen LogP contribution is -2.28. The number of benzene rings is 1. The summed E-state index contributed by atoms with van der Waals surface area (Å²) < 4.78 is 27.2.